The van der Waals surface area contributed by atoms with E-state index in [9.17, 15) is 4.79 Å². The molecule has 0 spiro atoms. The minimum atomic E-state index is -0.0415. The lowest BCUT2D eigenvalue weighted by Gasteiger charge is -2.31. The zero-order chi connectivity index (χ0) is 18.1. The average Bonchev–Trinajstić information content (AvgIpc) is 3.30. The van der Waals surface area contributed by atoms with Crippen molar-refractivity contribution in [3.63, 3.8) is 0 Å². The van der Waals surface area contributed by atoms with E-state index in [0.29, 0.717) is 29.8 Å². The summed E-state index contributed by atoms with van der Waals surface area (Å²) in [6.07, 6.45) is 1.84. The van der Waals surface area contributed by atoms with Crippen LogP contribution in [0.5, 0.6) is 11.5 Å². The molecule has 3 heterocycles. The molecule has 2 aliphatic heterocycles. The van der Waals surface area contributed by atoms with Crippen LogP contribution in [-0.2, 0) is 0 Å². The first-order valence-electron chi connectivity index (χ1n) is 8.89. The molecule has 1 aromatic carbocycles. The number of fused-ring (bicyclic) bond motifs is 1. The van der Waals surface area contributed by atoms with Crippen molar-refractivity contribution in [1.82, 2.24) is 20.4 Å². The highest BCUT2D eigenvalue weighted by Gasteiger charge is 2.29. The lowest BCUT2D eigenvalue weighted by molar-refractivity contribution is 0.172. The van der Waals surface area contributed by atoms with Gasteiger partial charge >= 0.3 is 6.03 Å². The molecule has 2 aliphatic rings. The summed E-state index contributed by atoms with van der Waals surface area (Å²) in [4.78, 5) is 14.1. The molecule has 1 atom stereocenters. The van der Waals surface area contributed by atoms with Crippen LogP contribution in [0.25, 0.3) is 11.5 Å². The van der Waals surface area contributed by atoms with Gasteiger partial charge in [0.25, 0.3) is 0 Å². The Bertz CT molecular complexity index is 804. The number of likely N-dealkylation sites (tertiary alicyclic amines) is 1. The van der Waals surface area contributed by atoms with Crippen LogP contribution in [-0.4, -0.2) is 47.1 Å². The maximum absolute atomic E-state index is 12.2. The van der Waals surface area contributed by atoms with Gasteiger partial charge in [0.15, 0.2) is 11.5 Å². The largest absolute Gasteiger partial charge is 0.454 e. The Balaban J connectivity index is 1.48. The number of carbonyl (C=O) groups is 1. The molecule has 1 saturated heterocycles. The number of carbonyl (C=O) groups excluding carboxylic acids is 1. The van der Waals surface area contributed by atoms with Gasteiger partial charge in [-0.15, -0.1) is 10.2 Å². The van der Waals surface area contributed by atoms with Crippen molar-refractivity contribution in [3.8, 4) is 23.0 Å². The number of nitrogens with one attached hydrogen (secondary N) is 1. The molecule has 1 fully saturated rings. The van der Waals surface area contributed by atoms with Gasteiger partial charge in [-0.2, -0.15) is 0 Å². The van der Waals surface area contributed by atoms with E-state index < -0.39 is 0 Å². The number of hydrogen-bond donors (Lipinski definition) is 1. The number of ether oxygens (including phenoxy) is 2. The quantitative estimate of drug-likeness (QED) is 0.907. The molecule has 0 unspecified atom stereocenters. The lowest BCUT2D eigenvalue weighted by Crippen LogP contribution is -2.47. The second kappa shape index (κ2) is 6.86. The molecule has 0 bridgehead atoms. The van der Waals surface area contributed by atoms with Gasteiger partial charge in [0.1, 0.15) is 0 Å². The Hall–Kier alpha value is -2.77. The van der Waals surface area contributed by atoms with Crippen LogP contribution in [0.15, 0.2) is 22.6 Å². The zero-order valence-electron chi connectivity index (χ0n) is 14.9. The van der Waals surface area contributed by atoms with Gasteiger partial charge in [0, 0.05) is 24.7 Å². The first-order chi connectivity index (χ1) is 12.6. The van der Waals surface area contributed by atoms with Crippen molar-refractivity contribution >= 4 is 6.03 Å². The van der Waals surface area contributed by atoms with Crippen molar-refractivity contribution in [2.75, 3.05) is 19.9 Å². The van der Waals surface area contributed by atoms with Crippen molar-refractivity contribution < 1.29 is 18.7 Å². The van der Waals surface area contributed by atoms with Crippen LogP contribution < -0.4 is 14.8 Å². The average molecular weight is 358 g/mol. The Kier molecular flexibility index (Phi) is 4.40. The molecule has 0 aliphatic carbocycles. The Morgan fingerprint density at radius 2 is 2.12 bits per heavy atom. The first kappa shape index (κ1) is 16.7. The molecule has 0 saturated carbocycles. The number of rotatable bonds is 3. The highest BCUT2D eigenvalue weighted by molar-refractivity contribution is 5.74. The molecule has 8 nitrogen and oxygen atoms in total. The SMILES string of the molecule is CC(C)NC(=O)N1CCC[C@@H](c2nnc(-c3ccc4c(c3)OCO4)o2)C1. The molecule has 4 rings (SSSR count). The number of urea groups is 1. The van der Waals surface area contributed by atoms with Crippen LogP contribution >= 0.6 is 0 Å². The van der Waals surface area contributed by atoms with E-state index in [1.165, 1.54) is 0 Å². The number of amides is 2. The molecule has 2 aromatic rings. The number of aromatic nitrogens is 2. The molecule has 138 valence electrons. The molecule has 1 N–H and O–H groups in total. The fraction of sp³-hybridized carbons (Fsp3) is 0.500. The van der Waals surface area contributed by atoms with Gasteiger partial charge in [-0.1, -0.05) is 0 Å². The van der Waals surface area contributed by atoms with Gasteiger partial charge in [-0.05, 0) is 44.9 Å². The topological polar surface area (TPSA) is 89.7 Å². The third kappa shape index (κ3) is 3.31. The second-order valence-corrected chi connectivity index (χ2v) is 6.90. The van der Waals surface area contributed by atoms with E-state index >= 15 is 0 Å². The fourth-order valence-electron chi connectivity index (χ4n) is 3.25. The van der Waals surface area contributed by atoms with E-state index in [-0.39, 0.29) is 24.8 Å². The minimum absolute atomic E-state index is 0.0415. The molecule has 8 heteroatoms. The van der Waals surface area contributed by atoms with Gasteiger partial charge in [-0.25, -0.2) is 4.79 Å². The predicted octanol–water partition coefficient (Wildman–Crippen LogP) is 2.76. The molecule has 2 amide bonds. The Morgan fingerprint density at radius 1 is 1.27 bits per heavy atom. The number of hydrogen-bond acceptors (Lipinski definition) is 6. The summed E-state index contributed by atoms with van der Waals surface area (Å²) in [5.41, 5.74) is 0.790. The molecule has 26 heavy (non-hydrogen) atoms. The highest BCUT2D eigenvalue weighted by Crippen LogP contribution is 2.36. The number of benzene rings is 1. The number of piperidine rings is 1. The van der Waals surface area contributed by atoms with Gasteiger partial charge in [0.2, 0.25) is 18.6 Å². The van der Waals surface area contributed by atoms with Crippen LogP contribution in [0.3, 0.4) is 0 Å². The Morgan fingerprint density at radius 3 is 2.96 bits per heavy atom. The summed E-state index contributed by atoms with van der Waals surface area (Å²) in [7, 11) is 0. The standard InChI is InChI=1S/C18H22N4O4/c1-11(2)19-18(23)22-7-3-4-13(9-22)17-21-20-16(26-17)12-5-6-14-15(8-12)25-10-24-14/h5-6,8,11,13H,3-4,7,9-10H2,1-2H3,(H,19,23)/t13-/m1/s1. The summed E-state index contributed by atoms with van der Waals surface area (Å²) in [5.74, 6) is 2.46. The van der Waals surface area contributed by atoms with Crippen molar-refractivity contribution in [2.45, 2.75) is 38.6 Å². The van der Waals surface area contributed by atoms with Gasteiger partial charge in [0.05, 0.1) is 5.92 Å². The number of nitrogens with zero attached hydrogens (tertiary/aromatic N) is 3. The minimum Gasteiger partial charge on any atom is -0.454 e. The zero-order valence-corrected chi connectivity index (χ0v) is 14.9. The summed E-state index contributed by atoms with van der Waals surface area (Å²) >= 11 is 0. The van der Waals surface area contributed by atoms with Crippen LogP contribution in [0.2, 0.25) is 0 Å². The fourth-order valence-corrected chi connectivity index (χ4v) is 3.25. The molecule has 1 aromatic heterocycles. The first-order valence-corrected chi connectivity index (χ1v) is 8.89. The van der Waals surface area contributed by atoms with Crippen LogP contribution in [0.4, 0.5) is 4.79 Å². The maximum atomic E-state index is 12.2. The lowest BCUT2D eigenvalue weighted by atomic mass is 9.98. The van der Waals surface area contributed by atoms with Crippen molar-refractivity contribution in [2.24, 2.45) is 0 Å². The molecule has 0 radical (unpaired) electrons. The van der Waals surface area contributed by atoms with Gasteiger partial charge < -0.3 is 24.1 Å². The molecular formula is C18H22N4O4. The van der Waals surface area contributed by atoms with E-state index in [1.807, 2.05) is 36.9 Å². The third-order valence-electron chi connectivity index (χ3n) is 4.53. The summed E-state index contributed by atoms with van der Waals surface area (Å²) in [6, 6.07) is 5.61. The van der Waals surface area contributed by atoms with Crippen molar-refractivity contribution in [1.29, 1.82) is 0 Å². The van der Waals surface area contributed by atoms with Crippen LogP contribution in [0.1, 0.15) is 38.5 Å². The summed E-state index contributed by atoms with van der Waals surface area (Å²) < 4.78 is 16.6. The third-order valence-corrected chi connectivity index (χ3v) is 4.53. The highest BCUT2D eigenvalue weighted by atomic mass is 16.7. The van der Waals surface area contributed by atoms with Crippen molar-refractivity contribution in [3.05, 3.63) is 24.1 Å². The molecular weight excluding hydrogens is 336 g/mol. The Labute approximate surface area is 151 Å². The summed E-state index contributed by atoms with van der Waals surface area (Å²) in [6.45, 7) is 5.47. The van der Waals surface area contributed by atoms with E-state index in [0.717, 1.165) is 24.9 Å². The monoisotopic (exact) mass is 358 g/mol. The normalized spacial score (nSPS) is 19.0. The second-order valence-electron chi connectivity index (χ2n) is 6.90. The summed E-state index contributed by atoms with van der Waals surface area (Å²) in [5, 5.41) is 11.3. The maximum Gasteiger partial charge on any atom is 0.317 e. The van der Waals surface area contributed by atoms with E-state index in [1.54, 1.807) is 0 Å². The van der Waals surface area contributed by atoms with E-state index in [4.69, 9.17) is 13.9 Å². The van der Waals surface area contributed by atoms with Gasteiger partial charge in [-0.3, -0.25) is 0 Å². The predicted molar refractivity (Wildman–Crippen MR) is 93.1 cm³/mol. The van der Waals surface area contributed by atoms with Crippen LogP contribution in [0, 0.1) is 0 Å². The van der Waals surface area contributed by atoms with E-state index in [2.05, 4.69) is 15.5 Å². The smallest absolute Gasteiger partial charge is 0.317 e.